The SMILES string of the molecule is COC(NCCCc1ccccc1)C(=O)NC(Cc1ccc(F)cc1)C(=O)NCc1cccc2ccccc12. The number of aryl methyl sites for hydroxylation is 1. The van der Waals surface area contributed by atoms with Crippen molar-refractivity contribution in [2.45, 2.75) is 38.1 Å². The van der Waals surface area contributed by atoms with Crippen molar-refractivity contribution in [3.05, 3.63) is 120 Å². The lowest BCUT2D eigenvalue weighted by Gasteiger charge is -2.23. The van der Waals surface area contributed by atoms with Crippen LogP contribution in [0.4, 0.5) is 4.39 Å². The lowest BCUT2D eigenvalue weighted by atomic mass is 10.0. The molecule has 4 aromatic rings. The first kappa shape index (κ1) is 28.0. The Labute approximate surface area is 228 Å². The highest BCUT2D eigenvalue weighted by Gasteiger charge is 2.25. The van der Waals surface area contributed by atoms with Crippen LogP contribution in [-0.2, 0) is 33.7 Å². The van der Waals surface area contributed by atoms with Gasteiger partial charge in [0.2, 0.25) is 5.91 Å². The first-order chi connectivity index (χ1) is 19.0. The molecule has 2 amide bonds. The Hall–Kier alpha value is -4.07. The van der Waals surface area contributed by atoms with Gasteiger partial charge >= 0.3 is 0 Å². The van der Waals surface area contributed by atoms with Crippen molar-refractivity contribution in [3.8, 4) is 0 Å². The van der Waals surface area contributed by atoms with Gasteiger partial charge in [-0.2, -0.15) is 0 Å². The van der Waals surface area contributed by atoms with E-state index in [1.54, 1.807) is 12.1 Å². The van der Waals surface area contributed by atoms with Gasteiger partial charge in [-0.15, -0.1) is 0 Å². The number of halogens is 1. The van der Waals surface area contributed by atoms with Gasteiger partial charge in [0, 0.05) is 20.1 Å². The minimum Gasteiger partial charge on any atom is -0.357 e. The van der Waals surface area contributed by atoms with Gasteiger partial charge in [0.1, 0.15) is 11.9 Å². The summed E-state index contributed by atoms with van der Waals surface area (Å²) in [6.07, 6.45) is 0.984. The second-order valence-corrected chi connectivity index (χ2v) is 9.41. The molecule has 6 nitrogen and oxygen atoms in total. The van der Waals surface area contributed by atoms with Crippen molar-refractivity contribution >= 4 is 22.6 Å². The van der Waals surface area contributed by atoms with Crippen LogP contribution in [0.1, 0.15) is 23.1 Å². The van der Waals surface area contributed by atoms with Gasteiger partial charge < -0.3 is 15.4 Å². The minimum absolute atomic E-state index is 0.206. The molecule has 0 spiro atoms. The number of rotatable bonds is 13. The van der Waals surface area contributed by atoms with Crippen LogP contribution in [-0.4, -0.2) is 37.7 Å². The zero-order valence-corrected chi connectivity index (χ0v) is 22.0. The van der Waals surface area contributed by atoms with Gasteiger partial charge in [0.25, 0.3) is 5.91 Å². The van der Waals surface area contributed by atoms with Crippen LogP contribution in [0.2, 0.25) is 0 Å². The van der Waals surface area contributed by atoms with Crippen LogP contribution >= 0.6 is 0 Å². The number of benzene rings is 4. The second-order valence-electron chi connectivity index (χ2n) is 9.41. The summed E-state index contributed by atoms with van der Waals surface area (Å²) in [5.74, 6) is -1.14. The topological polar surface area (TPSA) is 79.5 Å². The predicted octanol–water partition coefficient (Wildman–Crippen LogP) is 4.52. The molecule has 39 heavy (non-hydrogen) atoms. The average molecular weight is 528 g/mol. The van der Waals surface area contributed by atoms with Crippen molar-refractivity contribution < 1.29 is 18.7 Å². The fourth-order valence-electron chi connectivity index (χ4n) is 4.52. The van der Waals surface area contributed by atoms with E-state index in [2.05, 4.69) is 28.1 Å². The van der Waals surface area contributed by atoms with E-state index in [4.69, 9.17) is 4.74 Å². The molecule has 0 heterocycles. The van der Waals surface area contributed by atoms with Crippen LogP contribution in [0.15, 0.2) is 97.1 Å². The first-order valence-electron chi connectivity index (χ1n) is 13.1. The third-order valence-electron chi connectivity index (χ3n) is 6.61. The van der Waals surface area contributed by atoms with Gasteiger partial charge in [-0.3, -0.25) is 14.9 Å². The molecular weight excluding hydrogens is 493 g/mol. The molecule has 4 rings (SSSR count). The molecular formula is C32H34FN3O3. The van der Waals surface area contributed by atoms with Crippen molar-refractivity contribution in [3.63, 3.8) is 0 Å². The standard InChI is InChI=1S/C32H34FN3O3/c1-39-32(34-20-8-11-23-9-3-2-4-10-23)31(38)36-29(21-24-16-18-27(33)19-17-24)30(37)35-22-26-14-7-13-25-12-5-6-15-28(25)26/h2-7,9-10,12-19,29,32,34H,8,11,20-22H2,1H3,(H,35,37)(H,36,38). The quantitative estimate of drug-likeness (QED) is 0.177. The van der Waals surface area contributed by atoms with Crippen LogP contribution in [0.25, 0.3) is 10.8 Å². The fraction of sp³-hybridized carbons (Fsp3) is 0.250. The van der Waals surface area contributed by atoms with E-state index in [0.29, 0.717) is 13.1 Å². The third-order valence-corrected chi connectivity index (χ3v) is 6.61. The minimum atomic E-state index is -0.914. The Balaban J connectivity index is 1.39. The Morgan fingerprint density at radius 3 is 2.31 bits per heavy atom. The Bertz CT molecular complexity index is 1360. The van der Waals surface area contributed by atoms with Crippen molar-refractivity contribution in [1.82, 2.24) is 16.0 Å². The molecule has 0 aliphatic heterocycles. The summed E-state index contributed by atoms with van der Waals surface area (Å²) >= 11 is 0. The Morgan fingerprint density at radius 2 is 1.54 bits per heavy atom. The first-order valence-corrected chi connectivity index (χ1v) is 13.1. The number of fused-ring (bicyclic) bond motifs is 1. The maximum absolute atomic E-state index is 13.5. The highest BCUT2D eigenvalue weighted by molar-refractivity contribution is 5.90. The number of ether oxygens (including phenoxy) is 1. The largest absolute Gasteiger partial charge is 0.357 e. The molecule has 0 saturated carbocycles. The smallest absolute Gasteiger partial charge is 0.264 e. The lowest BCUT2D eigenvalue weighted by molar-refractivity contribution is -0.136. The van der Waals surface area contributed by atoms with E-state index in [1.165, 1.54) is 24.8 Å². The fourth-order valence-corrected chi connectivity index (χ4v) is 4.52. The number of hydrogen-bond donors (Lipinski definition) is 3. The molecule has 0 aliphatic rings. The van der Waals surface area contributed by atoms with E-state index in [0.717, 1.165) is 34.7 Å². The van der Waals surface area contributed by atoms with Crippen LogP contribution in [0, 0.1) is 5.82 Å². The number of hydrogen-bond acceptors (Lipinski definition) is 4. The average Bonchev–Trinajstić information content (AvgIpc) is 2.97. The number of carbonyl (C=O) groups excluding carboxylic acids is 2. The molecule has 0 fully saturated rings. The van der Waals surface area contributed by atoms with E-state index in [1.807, 2.05) is 60.7 Å². The van der Waals surface area contributed by atoms with Crippen molar-refractivity contribution in [1.29, 1.82) is 0 Å². The number of carbonyl (C=O) groups is 2. The zero-order chi connectivity index (χ0) is 27.5. The van der Waals surface area contributed by atoms with E-state index in [-0.39, 0.29) is 18.1 Å². The maximum Gasteiger partial charge on any atom is 0.264 e. The molecule has 4 aromatic carbocycles. The van der Waals surface area contributed by atoms with Crippen LogP contribution < -0.4 is 16.0 Å². The number of methoxy groups -OCH3 is 1. The summed E-state index contributed by atoms with van der Waals surface area (Å²) in [6, 6.07) is 29.1. The summed E-state index contributed by atoms with van der Waals surface area (Å²) in [6.45, 7) is 0.873. The maximum atomic E-state index is 13.5. The molecule has 7 heteroatoms. The van der Waals surface area contributed by atoms with Gasteiger partial charge in [-0.1, -0.05) is 84.9 Å². The molecule has 0 aromatic heterocycles. The van der Waals surface area contributed by atoms with E-state index < -0.39 is 18.2 Å². The monoisotopic (exact) mass is 527 g/mol. The Kier molecular flexibility index (Phi) is 10.2. The Morgan fingerprint density at radius 1 is 0.821 bits per heavy atom. The number of amides is 2. The molecule has 0 aliphatic carbocycles. The van der Waals surface area contributed by atoms with Crippen molar-refractivity contribution in [2.75, 3.05) is 13.7 Å². The van der Waals surface area contributed by atoms with Crippen LogP contribution in [0.3, 0.4) is 0 Å². The third kappa shape index (κ3) is 8.21. The van der Waals surface area contributed by atoms with E-state index >= 15 is 0 Å². The zero-order valence-electron chi connectivity index (χ0n) is 22.0. The molecule has 2 atom stereocenters. The van der Waals surface area contributed by atoms with Crippen molar-refractivity contribution in [2.24, 2.45) is 0 Å². The van der Waals surface area contributed by atoms with Gasteiger partial charge in [0.15, 0.2) is 6.23 Å². The van der Waals surface area contributed by atoms with E-state index in [9.17, 15) is 14.0 Å². The van der Waals surface area contributed by atoms with Crippen LogP contribution in [0.5, 0.6) is 0 Å². The second kappa shape index (κ2) is 14.2. The normalized spacial score (nSPS) is 12.6. The highest BCUT2D eigenvalue weighted by atomic mass is 19.1. The summed E-state index contributed by atoms with van der Waals surface area (Å²) in [5, 5.41) is 11.1. The summed E-state index contributed by atoms with van der Waals surface area (Å²) in [4.78, 5) is 26.4. The predicted molar refractivity (Wildman–Crippen MR) is 151 cm³/mol. The lowest BCUT2D eigenvalue weighted by Crippen LogP contribution is -2.54. The summed E-state index contributed by atoms with van der Waals surface area (Å²) in [5.41, 5.74) is 2.93. The van der Waals surface area contributed by atoms with Gasteiger partial charge in [0.05, 0.1) is 0 Å². The highest BCUT2D eigenvalue weighted by Crippen LogP contribution is 2.18. The molecule has 0 saturated heterocycles. The number of nitrogens with one attached hydrogen (secondary N) is 3. The molecule has 3 N–H and O–H groups in total. The molecule has 2 unspecified atom stereocenters. The summed E-state index contributed by atoms with van der Waals surface area (Å²) < 4.78 is 18.8. The molecule has 0 radical (unpaired) electrons. The van der Waals surface area contributed by atoms with Gasteiger partial charge in [-0.05, 0) is 59.0 Å². The van der Waals surface area contributed by atoms with Gasteiger partial charge in [-0.25, -0.2) is 4.39 Å². The summed E-state index contributed by atoms with van der Waals surface area (Å²) in [7, 11) is 1.45. The molecule has 202 valence electrons. The molecule has 0 bridgehead atoms.